The minimum absolute atomic E-state index is 0.0745. The van der Waals surface area contributed by atoms with E-state index in [1.165, 1.54) is 24.3 Å². The first-order chi connectivity index (χ1) is 11.8. The summed E-state index contributed by atoms with van der Waals surface area (Å²) < 4.78 is 5.70. The van der Waals surface area contributed by atoms with Gasteiger partial charge in [0.2, 0.25) is 0 Å². The van der Waals surface area contributed by atoms with Crippen LogP contribution in [0.25, 0.3) is 0 Å². The van der Waals surface area contributed by atoms with Crippen LogP contribution in [0.1, 0.15) is 15.9 Å². The van der Waals surface area contributed by atoms with Crippen LogP contribution in [-0.2, 0) is 4.79 Å². The van der Waals surface area contributed by atoms with Gasteiger partial charge in [-0.1, -0.05) is 39.1 Å². The van der Waals surface area contributed by atoms with E-state index in [2.05, 4.69) is 21.2 Å². The van der Waals surface area contributed by atoms with Crippen LogP contribution in [0.3, 0.4) is 0 Å². The summed E-state index contributed by atoms with van der Waals surface area (Å²) >= 11 is 15.1. The van der Waals surface area contributed by atoms with Gasteiger partial charge in [0.05, 0.1) is 10.6 Å². The summed E-state index contributed by atoms with van der Waals surface area (Å²) in [4.78, 5) is 23.1. The van der Waals surface area contributed by atoms with E-state index in [-0.39, 0.29) is 22.2 Å². The maximum atomic E-state index is 12.5. The molecular formula is C16H11BrCl2N2O4. The number of hydrogen-bond donors (Lipinski definition) is 3. The number of hydrogen-bond acceptors (Lipinski definition) is 4. The number of carboxylic acid groups (broad SMARTS) is 1. The lowest BCUT2D eigenvalue weighted by atomic mass is 10.1. The molecule has 0 saturated carbocycles. The number of amidine groups is 1. The van der Waals surface area contributed by atoms with E-state index in [4.69, 9.17) is 38.5 Å². The fraction of sp³-hybridized carbons (Fsp3) is 0.0625. The lowest BCUT2D eigenvalue weighted by Crippen LogP contribution is -2.31. The minimum Gasteiger partial charge on any atom is -0.481 e. The number of carbonyl (C=O) groups is 2. The Bertz CT molecular complexity index is 858. The van der Waals surface area contributed by atoms with E-state index >= 15 is 0 Å². The quantitative estimate of drug-likeness (QED) is 0.478. The summed E-state index contributed by atoms with van der Waals surface area (Å²) in [6.07, 6.45) is 0. The predicted octanol–water partition coefficient (Wildman–Crippen LogP) is 3.97. The van der Waals surface area contributed by atoms with Crippen molar-refractivity contribution in [2.75, 3.05) is 6.61 Å². The molecule has 0 fully saturated rings. The molecule has 0 aliphatic heterocycles. The molecule has 6 nitrogen and oxygen atoms in total. The van der Waals surface area contributed by atoms with E-state index in [9.17, 15) is 9.59 Å². The zero-order chi connectivity index (χ0) is 18.6. The number of benzene rings is 2. The molecule has 0 aliphatic rings. The van der Waals surface area contributed by atoms with E-state index in [0.29, 0.717) is 15.1 Å². The largest absolute Gasteiger partial charge is 0.481 e. The standard InChI is InChI=1S/C16H11BrCl2N2O4/c17-8-1-4-13(25-7-14(22)23)11(5-8)16(24)21-15(20)10-3-2-9(18)6-12(10)19/h1-6H,7H2,(H,22,23)(H2,20,21,24). The van der Waals surface area contributed by atoms with Crippen molar-refractivity contribution in [3.05, 3.63) is 62.0 Å². The summed E-state index contributed by atoms with van der Waals surface area (Å²) in [5.41, 5.74) is 0.368. The number of aliphatic carboxylic acids is 1. The van der Waals surface area contributed by atoms with Gasteiger partial charge in [-0.05, 0) is 36.4 Å². The van der Waals surface area contributed by atoms with Gasteiger partial charge in [0.25, 0.3) is 5.91 Å². The van der Waals surface area contributed by atoms with Gasteiger partial charge in [0.15, 0.2) is 6.61 Å². The van der Waals surface area contributed by atoms with Crippen molar-refractivity contribution in [1.29, 1.82) is 5.41 Å². The molecule has 2 rings (SSSR count). The van der Waals surface area contributed by atoms with Crippen molar-refractivity contribution in [2.45, 2.75) is 0 Å². The van der Waals surface area contributed by atoms with Gasteiger partial charge in [-0.3, -0.25) is 10.2 Å². The monoisotopic (exact) mass is 444 g/mol. The summed E-state index contributed by atoms with van der Waals surface area (Å²) in [5.74, 6) is -1.96. The number of rotatable bonds is 5. The zero-order valence-corrected chi connectivity index (χ0v) is 15.6. The molecule has 0 spiro atoms. The molecule has 9 heteroatoms. The molecule has 25 heavy (non-hydrogen) atoms. The second-order valence-electron chi connectivity index (χ2n) is 4.78. The second-order valence-corrected chi connectivity index (χ2v) is 6.54. The number of carbonyl (C=O) groups excluding carboxylic acids is 1. The molecule has 0 heterocycles. The third-order valence-electron chi connectivity index (χ3n) is 2.98. The van der Waals surface area contributed by atoms with Gasteiger partial charge in [-0.2, -0.15) is 0 Å². The van der Waals surface area contributed by atoms with Gasteiger partial charge in [-0.25, -0.2) is 4.79 Å². The normalized spacial score (nSPS) is 10.2. The molecule has 3 N–H and O–H groups in total. The number of halogens is 3. The first-order valence-electron chi connectivity index (χ1n) is 6.77. The molecule has 0 saturated heterocycles. The van der Waals surface area contributed by atoms with Gasteiger partial charge in [0.1, 0.15) is 11.6 Å². The third-order valence-corrected chi connectivity index (χ3v) is 4.02. The first kappa shape index (κ1) is 19.2. The van der Waals surface area contributed by atoms with Crippen molar-refractivity contribution < 1.29 is 19.4 Å². The highest BCUT2D eigenvalue weighted by molar-refractivity contribution is 9.10. The van der Waals surface area contributed by atoms with E-state index < -0.39 is 18.5 Å². The van der Waals surface area contributed by atoms with Gasteiger partial charge < -0.3 is 15.2 Å². The summed E-state index contributed by atoms with van der Waals surface area (Å²) in [6.45, 7) is -0.595. The van der Waals surface area contributed by atoms with Crippen molar-refractivity contribution in [2.24, 2.45) is 0 Å². The molecule has 130 valence electrons. The number of ether oxygens (including phenoxy) is 1. The van der Waals surface area contributed by atoms with Crippen molar-refractivity contribution >= 4 is 56.8 Å². The minimum atomic E-state index is -1.17. The van der Waals surface area contributed by atoms with Crippen molar-refractivity contribution in [3.8, 4) is 5.75 Å². The summed E-state index contributed by atoms with van der Waals surface area (Å²) in [6, 6.07) is 9.04. The molecule has 1 amide bonds. The Kier molecular flexibility index (Phi) is 6.41. The molecule has 0 aliphatic carbocycles. The van der Waals surface area contributed by atoms with Gasteiger partial charge >= 0.3 is 5.97 Å². The molecule has 2 aromatic carbocycles. The number of carboxylic acids is 1. The summed E-state index contributed by atoms with van der Waals surface area (Å²) in [7, 11) is 0. The van der Waals surface area contributed by atoms with Crippen LogP contribution < -0.4 is 10.1 Å². The van der Waals surface area contributed by atoms with E-state index in [0.717, 1.165) is 0 Å². The smallest absolute Gasteiger partial charge is 0.341 e. The van der Waals surface area contributed by atoms with Crippen LogP contribution in [0.2, 0.25) is 10.0 Å². The third kappa shape index (κ3) is 5.19. The Hall–Kier alpha value is -2.09. The van der Waals surface area contributed by atoms with Crippen LogP contribution in [0.15, 0.2) is 40.9 Å². The first-order valence-corrected chi connectivity index (χ1v) is 8.32. The Morgan fingerprint density at radius 3 is 2.52 bits per heavy atom. The van der Waals surface area contributed by atoms with Gasteiger partial charge in [0, 0.05) is 15.1 Å². The zero-order valence-electron chi connectivity index (χ0n) is 12.5. The number of amides is 1. The highest BCUT2D eigenvalue weighted by Gasteiger charge is 2.17. The average Bonchev–Trinajstić information content (AvgIpc) is 2.53. The second kappa shape index (κ2) is 8.33. The molecular weight excluding hydrogens is 435 g/mol. The van der Waals surface area contributed by atoms with E-state index in [1.54, 1.807) is 12.1 Å². The van der Waals surface area contributed by atoms with Crippen LogP contribution >= 0.6 is 39.1 Å². The fourth-order valence-electron chi connectivity index (χ4n) is 1.89. The lowest BCUT2D eigenvalue weighted by molar-refractivity contribution is -0.139. The molecule has 0 aromatic heterocycles. The SMILES string of the molecule is N=C(NC(=O)c1cc(Br)ccc1OCC(=O)O)c1ccc(Cl)cc1Cl. The van der Waals surface area contributed by atoms with Crippen LogP contribution in [0.4, 0.5) is 0 Å². The molecule has 2 aromatic rings. The predicted molar refractivity (Wildman–Crippen MR) is 98.0 cm³/mol. The fourth-order valence-corrected chi connectivity index (χ4v) is 2.75. The van der Waals surface area contributed by atoms with Crippen LogP contribution in [0.5, 0.6) is 5.75 Å². The van der Waals surface area contributed by atoms with Crippen molar-refractivity contribution in [1.82, 2.24) is 5.32 Å². The highest BCUT2D eigenvalue weighted by atomic mass is 79.9. The Labute approximate surface area is 161 Å². The lowest BCUT2D eigenvalue weighted by Gasteiger charge is -2.12. The molecule has 0 radical (unpaired) electrons. The van der Waals surface area contributed by atoms with Crippen LogP contribution in [0, 0.1) is 5.41 Å². The molecule has 0 bridgehead atoms. The Balaban J connectivity index is 2.23. The molecule has 0 atom stereocenters. The Morgan fingerprint density at radius 1 is 1.16 bits per heavy atom. The van der Waals surface area contributed by atoms with Crippen molar-refractivity contribution in [3.63, 3.8) is 0 Å². The topological polar surface area (TPSA) is 99.5 Å². The van der Waals surface area contributed by atoms with E-state index in [1.807, 2.05) is 0 Å². The maximum Gasteiger partial charge on any atom is 0.341 e. The highest BCUT2D eigenvalue weighted by Crippen LogP contribution is 2.24. The average molecular weight is 446 g/mol. The Morgan fingerprint density at radius 2 is 1.88 bits per heavy atom. The number of nitrogens with one attached hydrogen (secondary N) is 2. The summed E-state index contributed by atoms with van der Waals surface area (Å²) in [5, 5.41) is 19.7. The van der Waals surface area contributed by atoms with Crippen LogP contribution in [-0.4, -0.2) is 29.4 Å². The van der Waals surface area contributed by atoms with Gasteiger partial charge in [-0.15, -0.1) is 0 Å². The maximum absolute atomic E-state index is 12.5. The molecule has 0 unspecified atom stereocenters.